The van der Waals surface area contributed by atoms with Crippen molar-refractivity contribution >= 4 is 17.3 Å². The van der Waals surface area contributed by atoms with Crippen molar-refractivity contribution in [3.8, 4) is 0 Å². The van der Waals surface area contributed by atoms with E-state index in [1.165, 1.54) is 0 Å². The molecule has 0 aliphatic heterocycles. The highest BCUT2D eigenvalue weighted by Crippen LogP contribution is 2.26. The number of aliphatic hydroxyl groups is 1. The third kappa shape index (κ3) is 3.38. The van der Waals surface area contributed by atoms with Crippen LogP contribution in [-0.4, -0.2) is 18.2 Å². The molecule has 4 heteroatoms. The number of benzene rings is 1. The molecule has 0 radical (unpaired) electrons. The summed E-state index contributed by atoms with van der Waals surface area (Å²) in [7, 11) is 1.86. The predicted molar refractivity (Wildman–Crippen MR) is 64.0 cm³/mol. The van der Waals surface area contributed by atoms with E-state index in [-0.39, 0.29) is 6.04 Å². The monoisotopic (exact) mass is 228 g/mol. The van der Waals surface area contributed by atoms with Gasteiger partial charge in [-0.15, -0.1) is 0 Å². The third-order valence-corrected chi connectivity index (χ3v) is 2.71. The molecule has 0 fully saturated rings. The van der Waals surface area contributed by atoms with Gasteiger partial charge < -0.3 is 16.2 Å². The molecule has 0 aliphatic carbocycles. The molecule has 2 atom stereocenters. The summed E-state index contributed by atoms with van der Waals surface area (Å²) < 4.78 is 0. The minimum absolute atomic E-state index is 0.235. The van der Waals surface area contributed by atoms with Crippen LogP contribution in [0.3, 0.4) is 0 Å². The molecule has 2 unspecified atom stereocenters. The fraction of sp³-hybridized carbons (Fsp3) is 0.455. The van der Waals surface area contributed by atoms with Gasteiger partial charge in [-0.25, -0.2) is 0 Å². The molecule has 4 N–H and O–H groups in total. The van der Waals surface area contributed by atoms with Gasteiger partial charge in [-0.05, 0) is 38.6 Å². The Morgan fingerprint density at radius 1 is 1.53 bits per heavy atom. The number of nitrogens with two attached hydrogens (primary N) is 1. The standard InChI is InChI=1S/C11H17ClN2O/c1-7(14-2)5-11(15)9-6-8(12)3-4-10(9)13/h3-4,6-7,11,14-15H,5,13H2,1-2H3. The smallest absolute Gasteiger partial charge is 0.0825 e. The third-order valence-electron chi connectivity index (χ3n) is 2.48. The fourth-order valence-corrected chi connectivity index (χ4v) is 1.59. The average Bonchev–Trinajstić information content (AvgIpc) is 2.21. The summed E-state index contributed by atoms with van der Waals surface area (Å²) in [5.41, 5.74) is 7.05. The maximum absolute atomic E-state index is 9.95. The lowest BCUT2D eigenvalue weighted by Crippen LogP contribution is -2.23. The van der Waals surface area contributed by atoms with Crippen molar-refractivity contribution < 1.29 is 5.11 Å². The molecule has 0 bridgehead atoms. The van der Waals surface area contributed by atoms with Gasteiger partial charge in [-0.1, -0.05) is 11.6 Å². The molecule has 84 valence electrons. The second-order valence-electron chi connectivity index (χ2n) is 3.71. The Bertz CT molecular complexity index is 330. The van der Waals surface area contributed by atoms with Gasteiger partial charge in [0.1, 0.15) is 0 Å². The zero-order chi connectivity index (χ0) is 11.4. The molecule has 0 saturated heterocycles. The Morgan fingerprint density at radius 3 is 2.80 bits per heavy atom. The van der Waals surface area contributed by atoms with Gasteiger partial charge in [0, 0.05) is 22.3 Å². The molecule has 0 aliphatic rings. The number of aliphatic hydroxyl groups excluding tert-OH is 1. The van der Waals surface area contributed by atoms with Crippen LogP contribution >= 0.6 is 11.6 Å². The number of rotatable bonds is 4. The van der Waals surface area contributed by atoms with Crippen LogP contribution in [0.15, 0.2) is 18.2 Å². The van der Waals surface area contributed by atoms with E-state index in [0.717, 1.165) is 0 Å². The summed E-state index contributed by atoms with van der Waals surface area (Å²) in [5, 5.41) is 13.6. The first kappa shape index (κ1) is 12.3. The highest BCUT2D eigenvalue weighted by Gasteiger charge is 2.14. The molecular formula is C11H17ClN2O. The molecule has 1 aromatic carbocycles. The highest BCUT2D eigenvalue weighted by atomic mass is 35.5. The summed E-state index contributed by atoms with van der Waals surface area (Å²) in [4.78, 5) is 0. The van der Waals surface area contributed by atoms with Crippen molar-refractivity contribution in [2.75, 3.05) is 12.8 Å². The van der Waals surface area contributed by atoms with Gasteiger partial charge in [-0.3, -0.25) is 0 Å². The quantitative estimate of drug-likeness (QED) is 0.691. The lowest BCUT2D eigenvalue weighted by atomic mass is 10.0. The Balaban J connectivity index is 2.80. The van der Waals surface area contributed by atoms with Crippen molar-refractivity contribution in [2.24, 2.45) is 0 Å². The van der Waals surface area contributed by atoms with Crippen LogP contribution in [-0.2, 0) is 0 Å². The van der Waals surface area contributed by atoms with Crippen LogP contribution in [0, 0.1) is 0 Å². The first-order valence-corrected chi connectivity index (χ1v) is 5.32. The number of hydrogen-bond donors (Lipinski definition) is 3. The van der Waals surface area contributed by atoms with Crippen LogP contribution in [0.1, 0.15) is 25.0 Å². The molecule has 15 heavy (non-hydrogen) atoms. The van der Waals surface area contributed by atoms with E-state index in [4.69, 9.17) is 17.3 Å². The predicted octanol–water partition coefficient (Wildman–Crippen LogP) is 1.95. The Morgan fingerprint density at radius 2 is 2.20 bits per heavy atom. The number of halogens is 1. The van der Waals surface area contributed by atoms with E-state index in [1.807, 2.05) is 14.0 Å². The summed E-state index contributed by atoms with van der Waals surface area (Å²) >= 11 is 5.85. The summed E-state index contributed by atoms with van der Waals surface area (Å²) in [6, 6.07) is 5.38. The summed E-state index contributed by atoms with van der Waals surface area (Å²) in [6.07, 6.45) is 0.0345. The first-order valence-electron chi connectivity index (χ1n) is 4.95. The van der Waals surface area contributed by atoms with E-state index < -0.39 is 6.10 Å². The normalized spacial score (nSPS) is 14.9. The van der Waals surface area contributed by atoms with Gasteiger partial charge in [0.15, 0.2) is 0 Å². The Labute approximate surface area is 95.2 Å². The van der Waals surface area contributed by atoms with Gasteiger partial charge in [0.2, 0.25) is 0 Å². The van der Waals surface area contributed by atoms with Gasteiger partial charge in [-0.2, -0.15) is 0 Å². The molecule has 0 saturated carbocycles. The molecule has 3 nitrogen and oxygen atoms in total. The lowest BCUT2D eigenvalue weighted by molar-refractivity contribution is 0.156. The number of nitrogens with one attached hydrogen (secondary N) is 1. The van der Waals surface area contributed by atoms with Gasteiger partial charge in [0.05, 0.1) is 6.10 Å². The van der Waals surface area contributed by atoms with Crippen LogP contribution in [0.4, 0.5) is 5.69 Å². The van der Waals surface area contributed by atoms with Crippen molar-refractivity contribution in [1.29, 1.82) is 0 Å². The largest absolute Gasteiger partial charge is 0.398 e. The topological polar surface area (TPSA) is 58.3 Å². The molecule has 0 amide bonds. The first-order chi connectivity index (χ1) is 7.04. The van der Waals surface area contributed by atoms with E-state index in [0.29, 0.717) is 22.7 Å². The molecule has 0 aromatic heterocycles. The molecule has 0 spiro atoms. The van der Waals surface area contributed by atoms with Crippen LogP contribution in [0.5, 0.6) is 0 Å². The second kappa shape index (κ2) is 5.35. The molecule has 1 aromatic rings. The van der Waals surface area contributed by atoms with Crippen molar-refractivity contribution in [3.63, 3.8) is 0 Å². The Kier molecular flexibility index (Phi) is 4.39. The van der Waals surface area contributed by atoms with Crippen molar-refractivity contribution in [3.05, 3.63) is 28.8 Å². The van der Waals surface area contributed by atoms with Crippen molar-refractivity contribution in [1.82, 2.24) is 5.32 Å². The van der Waals surface area contributed by atoms with Crippen LogP contribution in [0.25, 0.3) is 0 Å². The maximum Gasteiger partial charge on any atom is 0.0825 e. The average molecular weight is 229 g/mol. The van der Waals surface area contributed by atoms with Crippen LogP contribution < -0.4 is 11.1 Å². The van der Waals surface area contributed by atoms with E-state index >= 15 is 0 Å². The van der Waals surface area contributed by atoms with Crippen molar-refractivity contribution in [2.45, 2.75) is 25.5 Å². The highest BCUT2D eigenvalue weighted by molar-refractivity contribution is 6.30. The minimum Gasteiger partial charge on any atom is -0.398 e. The number of nitrogen functional groups attached to an aromatic ring is 1. The maximum atomic E-state index is 9.95. The second-order valence-corrected chi connectivity index (χ2v) is 4.15. The fourth-order valence-electron chi connectivity index (χ4n) is 1.41. The lowest BCUT2D eigenvalue weighted by Gasteiger charge is -2.17. The molecular weight excluding hydrogens is 212 g/mol. The van der Waals surface area contributed by atoms with E-state index in [2.05, 4.69) is 5.32 Å². The zero-order valence-corrected chi connectivity index (χ0v) is 9.75. The van der Waals surface area contributed by atoms with Gasteiger partial charge in [0.25, 0.3) is 0 Å². The molecule has 0 heterocycles. The summed E-state index contributed by atoms with van der Waals surface area (Å²) in [5.74, 6) is 0. The number of anilines is 1. The zero-order valence-electron chi connectivity index (χ0n) is 9.00. The SMILES string of the molecule is CNC(C)CC(O)c1cc(Cl)ccc1N. The summed E-state index contributed by atoms with van der Waals surface area (Å²) in [6.45, 7) is 2.00. The van der Waals surface area contributed by atoms with E-state index in [9.17, 15) is 5.11 Å². The Hall–Kier alpha value is -0.770. The minimum atomic E-state index is -0.578. The van der Waals surface area contributed by atoms with Gasteiger partial charge >= 0.3 is 0 Å². The number of hydrogen-bond acceptors (Lipinski definition) is 3. The van der Waals surface area contributed by atoms with E-state index in [1.54, 1.807) is 18.2 Å². The molecule has 1 rings (SSSR count). The van der Waals surface area contributed by atoms with Crippen LogP contribution in [0.2, 0.25) is 5.02 Å².